The lowest BCUT2D eigenvalue weighted by atomic mass is 10.2. The molecule has 0 aliphatic rings. The van der Waals surface area contributed by atoms with Gasteiger partial charge >= 0.3 is 0 Å². The first kappa shape index (κ1) is 12.2. The van der Waals surface area contributed by atoms with Crippen molar-refractivity contribution in [2.75, 3.05) is 12.4 Å². The molecule has 1 amide bonds. The van der Waals surface area contributed by atoms with Crippen LogP contribution in [0.15, 0.2) is 28.9 Å². The number of aryl methyl sites for hydroxylation is 2. The lowest BCUT2D eigenvalue weighted by Crippen LogP contribution is -2.13. The molecule has 0 spiro atoms. The number of aromatic nitrogens is 1. The number of ether oxygens (including phenoxy) is 1. The van der Waals surface area contributed by atoms with Gasteiger partial charge in [0.25, 0.3) is 5.91 Å². The number of hydrogen-bond acceptors (Lipinski definition) is 4. The second kappa shape index (κ2) is 4.91. The van der Waals surface area contributed by atoms with E-state index in [2.05, 4.69) is 10.5 Å². The molecule has 0 fully saturated rings. The molecule has 0 atom stereocenters. The highest BCUT2D eigenvalue weighted by Gasteiger charge is 2.16. The Balaban J connectivity index is 2.27. The Bertz CT molecular complexity index is 575. The van der Waals surface area contributed by atoms with Crippen LogP contribution < -0.4 is 10.1 Å². The first-order valence-corrected chi connectivity index (χ1v) is 5.49. The maximum Gasteiger partial charge on any atom is 0.294 e. The van der Waals surface area contributed by atoms with Crippen LogP contribution in [0.25, 0.3) is 0 Å². The van der Waals surface area contributed by atoms with E-state index in [1.165, 1.54) is 6.20 Å². The van der Waals surface area contributed by atoms with E-state index in [0.717, 1.165) is 5.56 Å². The van der Waals surface area contributed by atoms with Crippen LogP contribution in [-0.4, -0.2) is 18.2 Å². The number of nitrogens with zero attached hydrogens (tertiary/aromatic N) is 1. The van der Waals surface area contributed by atoms with Crippen LogP contribution in [0.4, 0.5) is 5.69 Å². The van der Waals surface area contributed by atoms with Crippen LogP contribution in [0.1, 0.15) is 21.7 Å². The normalized spacial score (nSPS) is 10.2. The second-order valence-corrected chi connectivity index (χ2v) is 4.00. The zero-order valence-electron chi connectivity index (χ0n) is 10.5. The molecule has 1 heterocycles. The molecule has 18 heavy (non-hydrogen) atoms. The highest BCUT2D eigenvalue weighted by molar-refractivity contribution is 6.03. The van der Waals surface area contributed by atoms with Crippen molar-refractivity contribution in [3.05, 3.63) is 41.3 Å². The summed E-state index contributed by atoms with van der Waals surface area (Å²) in [4.78, 5) is 12.0. The van der Waals surface area contributed by atoms with Crippen LogP contribution >= 0.6 is 0 Å². The van der Waals surface area contributed by atoms with Crippen molar-refractivity contribution in [3.8, 4) is 5.75 Å². The Hall–Kier alpha value is -2.30. The SMILES string of the molecule is COc1ccc(C)cc1NC(=O)c1oncc1C. The molecule has 0 aliphatic carbocycles. The van der Waals surface area contributed by atoms with Gasteiger partial charge in [-0.15, -0.1) is 0 Å². The van der Waals surface area contributed by atoms with E-state index in [4.69, 9.17) is 9.26 Å². The number of carbonyl (C=O) groups excluding carboxylic acids is 1. The lowest BCUT2D eigenvalue weighted by Gasteiger charge is -2.10. The third kappa shape index (κ3) is 2.34. The molecule has 1 N–H and O–H groups in total. The van der Waals surface area contributed by atoms with Crippen LogP contribution in [0.3, 0.4) is 0 Å². The number of amides is 1. The van der Waals surface area contributed by atoms with Gasteiger partial charge in [-0.3, -0.25) is 4.79 Å². The fourth-order valence-corrected chi connectivity index (χ4v) is 1.61. The highest BCUT2D eigenvalue weighted by Crippen LogP contribution is 2.25. The van der Waals surface area contributed by atoms with Gasteiger partial charge in [-0.25, -0.2) is 0 Å². The molecular weight excluding hydrogens is 232 g/mol. The van der Waals surface area contributed by atoms with Gasteiger partial charge in [0.2, 0.25) is 5.76 Å². The van der Waals surface area contributed by atoms with Gasteiger partial charge in [-0.05, 0) is 31.5 Å². The Labute approximate surface area is 105 Å². The zero-order valence-corrected chi connectivity index (χ0v) is 10.5. The first-order chi connectivity index (χ1) is 8.61. The Morgan fingerprint density at radius 3 is 2.78 bits per heavy atom. The number of hydrogen-bond donors (Lipinski definition) is 1. The number of benzene rings is 1. The predicted octanol–water partition coefficient (Wildman–Crippen LogP) is 2.55. The number of rotatable bonds is 3. The number of methoxy groups -OCH3 is 1. The van der Waals surface area contributed by atoms with E-state index in [0.29, 0.717) is 17.0 Å². The fraction of sp³-hybridized carbons (Fsp3) is 0.231. The van der Waals surface area contributed by atoms with Crippen molar-refractivity contribution in [1.29, 1.82) is 0 Å². The molecule has 1 aromatic carbocycles. The van der Waals surface area contributed by atoms with Crippen LogP contribution in [-0.2, 0) is 0 Å². The Kier molecular flexibility index (Phi) is 3.32. The van der Waals surface area contributed by atoms with Gasteiger partial charge in [0.05, 0.1) is 19.0 Å². The molecule has 0 radical (unpaired) electrons. The number of carbonyl (C=O) groups is 1. The summed E-state index contributed by atoms with van der Waals surface area (Å²) < 4.78 is 10.1. The van der Waals surface area contributed by atoms with Gasteiger partial charge in [0.1, 0.15) is 5.75 Å². The molecule has 5 nitrogen and oxygen atoms in total. The zero-order chi connectivity index (χ0) is 13.1. The standard InChI is InChI=1S/C13H14N2O3/c1-8-4-5-11(17-3)10(6-8)15-13(16)12-9(2)7-14-18-12/h4-7H,1-3H3,(H,15,16). The van der Waals surface area contributed by atoms with Gasteiger partial charge < -0.3 is 14.6 Å². The third-order valence-electron chi connectivity index (χ3n) is 2.56. The van der Waals surface area contributed by atoms with Crippen molar-refractivity contribution in [3.63, 3.8) is 0 Å². The van der Waals surface area contributed by atoms with E-state index in [1.807, 2.05) is 19.1 Å². The number of nitrogens with one attached hydrogen (secondary N) is 1. The van der Waals surface area contributed by atoms with Crippen molar-refractivity contribution in [1.82, 2.24) is 5.16 Å². The molecule has 0 aliphatic heterocycles. The number of anilines is 1. The smallest absolute Gasteiger partial charge is 0.294 e. The molecule has 1 aromatic heterocycles. The molecule has 5 heteroatoms. The topological polar surface area (TPSA) is 64.4 Å². The van der Waals surface area contributed by atoms with Crippen molar-refractivity contribution in [2.45, 2.75) is 13.8 Å². The average molecular weight is 246 g/mol. The maximum absolute atomic E-state index is 12.0. The quantitative estimate of drug-likeness (QED) is 0.903. The summed E-state index contributed by atoms with van der Waals surface area (Å²) in [6, 6.07) is 5.55. The summed E-state index contributed by atoms with van der Waals surface area (Å²) in [6.07, 6.45) is 1.50. The highest BCUT2D eigenvalue weighted by atomic mass is 16.5. The Morgan fingerprint density at radius 1 is 1.39 bits per heavy atom. The van der Waals surface area contributed by atoms with Crippen molar-refractivity contribution in [2.24, 2.45) is 0 Å². The lowest BCUT2D eigenvalue weighted by molar-refractivity contribution is 0.0986. The summed E-state index contributed by atoms with van der Waals surface area (Å²) in [6.45, 7) is 3.70. The minimum Gasteiger partial charge on any atom is -0.495 e. The molecule has 2 aromatic rings. The van der Waals surface area contributed by atoms with E-state index in [-0.39, 0.29) is 11.7 Å². The van der Waals surface area contributed by atoms with E-state index < -0.39 is 0 Å². The van der Waals surface area contributed by atoms with Gasteiger partial charge in [0, 0.05) is 5.56 Å². The van der Waals surface area contributed by atoms with Crippen LogP contribution in [0, 0.1) is 13.8 Å². The van der Waals surface area contributed by atoms with E-state index >= 15 is 0 Å². The molecule has 0 saturated heterocycles. The monoisotopic (exact) mass is 246 g/mol. The summed E-state index contributed by atoms with van der Waals surface area (Å²) in [5.74, 6) is 0.471. The van der Waals surface area contributed by atoms with E-state index in [9.17, 15) is 4.79 Å². The third-order valence-corrected chi connectivity index (χ3v) is 2.56. The first-order valence-electron chi connectivity index (χ1n) is 5.49. The largest absolute Gasteiger partial charge is 0.495 e. The maximum atomic E-state index is 12.0. The fourth-order valence-electron chi connectivity index (χ4n) is 1.61. The summed E-state index contributed by atoms with van der Waals surface area (Å²) in [5.41, 5.74) is 2.33. The van der Waals surface area contributed by atoms with E-state index in [1.54, 1.807) is 20.1 Å². The van der Waals surface area contributed by atoms with Gasteiger partial charge in [0.15, 0.2) is 0 Å². The van der Waals surface area contributed by atoms with Crippen molar-refractivity contribution < 1.29 is 14.1 Å². The summed E-state index contributed by atoms with van der Waals surface area (Å²) >= 11 is 0. The summed E-state index contributed by atoms with van der Waals surface area (Å²) in [7, 11) is 1.56. The minimum atomic E-state index is -0.339. The van der Waals surface area contributed by atoms with Crippen LogP contribution in [0.2, 0.25) is 0 Å². The van der Waals surface area contributed by atoms with Gasteiger partial charge in [-0.1, -0.05) is 11.2 Å². The molecule has 0 saturated carbocycles. The van der Waals surface area contributed by atoms with Gasteiger partial charge in [-0.2, -0.15) is 0 Å². The molecule has 94 valence electrons. The molecule has 0 bridgehead atoms. The minimum absolute atomic E-state index is 0.207. The second-order valence-electron chi connectivity index (χ2n) is 4.00. The molecule has 2 rings (SSSR count). The summed E-state index contributed by atoms with van der Waals surface area (Å²) in [5, 5.41) is 6.33. The molecular formula is C13H14N2O3. The van der Waals surface area contributed by atoms with Crippen molar-refractivity contribution >= 4 is 11.6 Å². The average Bonchev–Trinajstić information content (AvgIpc) is 2.76. The molecule has 0 unspecified atom stereocenters. The van der Waals surface area contributed by atoms with Crippen LogP contribution in [0.5, 0.6) is 5.75 Å². The Morgan fingerprint density at radius 2 is 2.17 bits per heavy atom. The predicted molar refractivity (Wildman–Crippen MR) is 66.9 cm³/mol.